The second-order valence-electron chi connectivity index (χ2n) is 8.67. The maximum absolute atomic E-state index is 11.5. The molecular weight excluding hydrogens is 376 g/mol. The van der Waals surface area contributed by atoms with Crippen LogP contribution in [0.1, 0.15) is 53.9 Å². The minimum atomic E-state index is -0.657. The summed E-state index contributed by atoms with van der Waals surface area (Å²) in [7, 11) is 0. The smallest absolute Gasteiger partial charge is 0.330 e. The van der Waals surface area contributed by atoms with Crippen LogP contribution in [0.15, 0.2) is 61.2 Å². The van der Waals surface area contributed by atoms with Gasteiger partial charge in [-0.2, -0.15) is 0 Å². The van der Waals surface area contributed by atoms with Crippen molar-refractivity contribution in [1.82, 2.24) is 0 Å². The van der Waals surface area contributed by atoms with Crippen molar-refractivity contribution in [1.29, 1.82) is 0 Å². The van der Waals surface area contributed by atoms with Gasteiger partial charge in [0, 0.05) is 12.5 Å². The van der Waals surface area contributed by atoms with Crippen LogP contribution in [0.2, 0.25) is 0 Å². The molecular formula is C26H34O4. The van der Waals surface area contributed by atoms with Gasteiger partial charge in [0.2, 0.25) is 0 Å². The van der Waals surface area contributed by atoms with Crippen molar-refractivity contribution < 1.29 is 19.0 Å². The quantitative estimate of drug-likeness (QED) is 0.238. The predicted octanol–water partition coefficient (Wildman–Crippen LogP) is 6.59. The molecule has 2 aromatic carbocycles. The van der Waals surface area contributed by atoms with Gasteiger partial charge in [0.15, 0.2) is 0 Å². The first-order valence-corrected chi connectivity index (χ1v) is 10.5. The Labute approximate surface area is 180 Å². The molecule has 0 atom stereocenters. The maximum Gasteiger partial charge on any atom is 0.330 e. The van der Waals surface area contributed by atoms with Gasteiger partial charge in [-0.05, 0) is 69.5 Å². The lowest BCUT2D eigenvalue weighted by Gasteiger charge is -2.34. The van der Waals surface area contributed by atoms with E-state index in [1.165, 1.54) is 6.08 Å². The monoisotopic (exact) mass is 410 g/mol. The Morgan fingerprint density at radius 2 is 1.43 bits per heavy atom. The third-order valence-electron chi connectivity index (χ3n) is 4.60. The molecule has 0 N–H and O–H groups in total. The number of hydrogen-bond acceptors (Lipinski definition) is 4. The van der Waals surface area contributed by atoms with E-state index in [0.717, 1.165) is 42.1 Å². The largest absolute Gasteiger partial charge is 0.494 e. The Bertz CT molecular complexity index is 817. The lowest BCUT2D eigenvalue weighted by atomic mass is 9.92. The fourth-order valence-corrected chi connectivity index (χ4v) is 3.52. The molecule has 0 radical (unpaired) electrons. The molecule has 0 aliphatic carbocycles. The second-order valence-corrected chi connectivity index (χ2v) is 8.67. The van der Waals surface area contributed by atoms with E-state index in [-0.39, 0.29) is 0 Å². The second kappa shape index (κ2) is 10.3. The van der Waals surface area contributed by atoms with Gasteiger partial charge >= 0.3 is 5.97 Å². The first kappa shape index (κ1) is 23.5. The SMILES string of the molecule is C=CC(=O)OC(C)(C)CC(C)(C)Oc1ccc(-c2ccc(OCCCC)cc2)cc1. The number of carbonyl (C=O) groups is 1. The Hall–Kier alpha value is -2.75. The van der Waals surface area contributed by atoms with Gasteiger partial charge in [0.1, 0.15) is 22.7 Å². The van der Waals surface area contributed by atoms with Gasteiger partial charge < -0.3 is 14.2 Å². The molecule has 0 saturated heterocycles. The first-order valence-electron chi connectivity index (χ1n) is 10.5. The number of carbonyl (C=O) groups excluding carboxylic acids is 1. The summed E-state index contributed by atoms with van der Waals surface area (Å²) in [6, 6.07) is 16.2. The molecule has 162 valence electrons. The van der Waals surface area contributed by atoms with Crippen LogP contribution in [0.25, 0.3) is 11.1 Å². The molecule has 0 spiro atoms. The van der Waals surface area contributed by atoms with Gasteiger partial charge in [-0.15, -0.1) is 0 Å². The highest BCUT2D eigenvalue weighted by molar-refractivity contribution is 5.81. The zero-order valence-electron chi connectivity index (χ0n) is 18.9. The average molecular weight is 411 g/mol. The van der Waals surface area contributed by atoms with Gasteiger partial charge in [-0.25, -0.2) is 4.79 Å². The molecule has 30 heavy (non-hydrogen) atoms. The number of unbranched alkanes of at least 4 members (excludes halogenated alkanes) is 1. The molecule has 0 aliphatic heterocycles. The van der Waals surface area contributed by atoms with Crippen LogP contribution in [0.4, 0.5) is 0 Å². The van der Waals surface area contributed by atoms with Crippen LogP contribution in [0, 0.1) is 0 Å². The van der Waals surface area contributed by atoms with Crippen LogP contribution in [0.3, 0.4) is 0 Å². The summed E-state index contributed by atoms with van der Waals surface area (Å²) in [6.07, 6.45) is 3.91. The Kier molecular flexibility index (Phi) is 8.10. The molecule has 0 fully saturated rings. The zero-order valence-corrected chi connectivity index (χ0v) is 18.9. The Morgan fingerprint density at radius 3 is 1.93 bits per heavy atom. The molecule has 0 aliphatic rings. The van der Waals surface area contributed by atoms with E-state index in [2.05, 4.69) is 25.6 Å². The number of esters is 1. The zero-order chi connectivity index (χ0) is 22.2. The van der Waals surface area contributed by atoms with Crippen LogP contribution in [-0.4, -0.2) is 23.8 Å². The predicted molar refractivity (Wildman–Crippen MR) is 122 cm³/mol. The minimum absolute atomic E-state index is 0.429. The van der Waals surface area contributed by atoms with E-state index in [9.17, 15) is 4.79 Å². The number of ether oxygens (including phenoxy) is 3. The van der Waals surface area contributed by atoms with E-state index in [4.69, 9.17) is 14.2 Å². The molecule has 0 amide bonds. The highest BCUT2D eigenvalue weighted by atomic mass is 16.6. The fourth-order valence-electron chi connectivity index (χ4n) is 3.52. The highest BCUT2D eigenvalue weighted by Gasteiger charge is 2.33. The van der Waals surface area contributed by atoms with Crippen molar-refractivity contribution in [2.75, 3.05) is 6.61 Å². The molecule has 4 nitrogen and oxygen atoms in total. The summed E-state index contributed by atoms with van der Waals surface area (Å²) < 4.78 is 17.3. The normalized spacial score (nSPS) is 11.6. The van der Waals surface area contributed by atoms with Gasteiger partial charge in [-0.3, -0.25) is 0 Å². The van der Waals surface area contributed by atoms with E-state index in [1.54, 1.807) is 0 Å². The van der Waals surface area contributed by atoms with Crippen molar-refractivity contribution >= 4 is 5.97 Å². The van der Waals surface area contributed by atoms with Crippen molar-refractivity contribution in [2.45, 2.75) is 65.1 Å². The van der Waals surface area contributed by atoms with Crippen molar-refractivity contribution in [3.05, 3.63) is 61.2 Å². The first-order chi connectivity index (χ1) is 14.1. The molecule has 2 rings (SSSR count). The fraction of sp³-hybridized carbons (Fsp3) is 0.423. The van der Waals surface area contributed by atoms with E-state index >= 15 is 0 Å². The summed E-state index contributed by atoms with van der Waals surface area (Å²) in [6.45, 7) is 14.1. The molecule has 4 heteroatoms. The summed E-state index contributed by atoms with van der Waals surface area (Å²) in [4.78, 5) is 11.5. The summed E-state index contributed by atoms with van der Waals surface area (Å²) in [5, 5.41) is 0. The number of benzene rings is 2. The van der Waals surface area contributed by atoms with Crippen molar-refractivity contribution in [2.24, 2.45) is 0 Å². The van der Waals surface area contributed by atoms with Crippen LogP contribution >= 0.6 is 0 Å². The third kappa shape index (κ3) is 7.58. The average Bonchev–Trinajstić information content (AvgIpc) is 2.67. The van der Waals surface area contributed by atoms with Crippen molar-refractivity contribution in [3.63, 3.8) is 0 Å². The molecule has 0 saturated carbocycles. The molecule has 0 heterocycles. The molecule has 0 unspecified atom stereocenters. The van der Waals surface area contributed by atoms with Crippen LogP contribution in [-0.2, 0) is 9.53 Å². The molecule has 0 aromatic heterocycles. The van der Waals surface area contributed by atoms with E-state index < -0.39 is 17.2 Å². The van der Waals surface area contributed by atoms with E-state index in [0.29, 0.717) is 6.42 Å². The third-order valence-corrected chi connectivity index (χ3v) is 4.60. The lowest BCUT2D eigenvalue weighted by molar-refractivity contribution is -0.154. The summed E-state index contributed by atoms with van der Waals surface area (Å²) in [5.74, 6) is 1.24. The summed E-state index contributed by atoms with van der Waals surface area (Å²) >= 11 is 0. The lowest BCUT2D eigenvalue weighted by Crippen LogP contribution is -2.40. The Morgan fingerprint density at radius 1 is 0.900 bits per heavy atom. The summed E-state index contributed by atoms with van der Waals surface area (Å²) in [5.41, 5.74) is 1.07. The number of rotatable bonds is 11. The Balaban J connectivity index is 1.99. The highest BCUT2D eigenvalue weighted by Crippen LogP contribution is 2.30. The van der Waals surface area contributed by atoms with Gasteiger partial charge in [0.25, 0.3) is 0 Å². The van der Waals surface area contributed by atoms with Gasteiger partial charge in [-0.1, -0.05) is 44.2 Å². The minimum Gasteiger partial charge on any atom is -0.494 e. The molecule has 2 aromatic rings. The van der Waals surface area contributed by atoms with Crippen LogP contribution in [0.5, 0.6) is 11.5 Å². The molecule has 0 bridgehead atoms. The van der Waals surface area contributed by atoms with Crippen LogP contribution < -0.4 is 9.47 Å². The van der Waals surface area contributed by atoms with Gasteiger partial charge in [0.05, 0.1) is 6.61 Å². The topological polar surface area (TPSA) is 44.8 Å². The maximum atomic E-state index is 11.5. The number of hydrogen-bond donors (Lipinski definition) is 0. The van der Waals surface area contributed by atoms with E-state index in [1.807, 2.05) is 64.1 Å². The standard InChI is InChI=1S/C26H34O4/c1-7-9-18-28-22-14-10-20(11-15-22)21-12-16-23(17-13-21)29-25(3,4)19-26(5,6)30-24(27)8-2/h8,10-17H,2,7,9,18-19H2,1,3-6H3. The van der Waals surface area contributed by atoms with Crippen molar-refractivity contribution in [3.8, 4) is 22.6 Å².